The molecule has 0 aliphatic carbocycles. The maximum atomic E-state index is 13.6. The van der Waals surface area contributed by atoms with Crippen LogP contribution in [0.5, 0.6) is 11.5 Å². The molecule has 0 fully saturated rings. The summed E-state index contributed by atoms with van der Waals surface area (Å²) in [7, 11) is -1.26. The molecule has 0 bridgehead atoms. The van der Waals surface area contributed by atoms with Crippen molar-refractivity contribution in [1.29, 1.82) is 0 Å². The Morgan fingerprint density at radius 2 is 1.79 bits per heavy atom. The normalized spacial score (nSPS) is 11.5. The summed E-state index contributed by atoms with van der Waals surface area (Å²) in [5, 5.41) is 3.95. The molecule has 0 radical (unpaired) electrons. The van der Waals surface area contributed by atoms with Crippen LogP contribution in [0.3, 0.4) is 0 Å². The Morgan fingerprint density at radius 3 is 2.47 bits per heavy atom. The van der Waals surface area contributed by atoms with E-state index in [1.54, 1.807) is 24.3 Å². The number of hydrogen-bond donors (Lipinski definition) is 1. The minimum absolute atomic E-state index is 0.0128. The first kappa shape index (κ1) is 25.4. The van der Waals surface area contributed by atoms with Crippen LogP contribution in [0.2, 0.25) is 0 Å². The van der Waals surface area contributed by atoms with Crippen molar-refractivity contribution in [1.82, 2.24) is 9.73 Å². The molecule has 3 aromatic carbocycles. The van der Waals surface area contributed by atoms with Crippen LogP contribution in [-0.2, 0) is 21.4 Å². The van der Waals surface area contributed by atoms with E-state index in [2.05, 4.69) is 26.5 Å². The summed E-state index contributed by atoms with van der Waals surface area (Å²) >= 11 is 3.37. The maximum absolute atomic E-state index is 13.6. The van der Waals surface area contributed by atoms with Crippen LogP contribution in [0.1, 0.15) is 11.1 Å². The zero-order valence-electron chi connectivity index (χ0n) is 18.6. The van der Waals surface area contributed by atoms with Crippen LogP contribution in [0.4, 0.5) is 0 Å². The van der Waals surface area contributed by atoms with Crippen molar-refractivity contribution in [2.45, 2.75) is 11.4 Å². The van der Waals surface area contributed by atoms with Crippen molar-refractivity contribution in [3.05, 3.63) is 88.4 Å². The number of sulfonamides is 1. The Hall–Kier alpha value is -3.21. The van der Waals surface area contributed by atoms with E-state index < -0.39 is 22.5 Å². The number of nitrogens with one attached hydrogen (secondary N) is 1. The van der Waals surface area contributed by atoms with Gasteiger partial charge in [-0.15, -0.1) is 0 Å². The van der Waals surface area contributed by atoms with Gasteiger partial charge < -0.3 is 9.47 Å². The first-order valence-corrected chi connectivity index (χ1v) is 12.4. The Kier molecular flexibility index (Phi) is 8.80. The van der Waals surface area contributed by atoms with Gasteiger partial charge in [0.25, 0.3) is 5.91 Å². The molecule has 8 nitrogen and oxygen atoms in total. The van der Waals surface area contributed by atoms with Gasteiger partial charge in [0, 0.05) is 17.1 Å². The minimum Gasteiger partial charge on any atom is -0.497 e. The second-order valence-electron chi connectivity index (χ2n) is 7.12. The number of methoxy groups -OCH3 is 2. The lowest BCUT2D eigenvalue weighted by Crippen LogP contribution is -2.39. The van der Waals surface area contributed by atoms with E-state index in [-0.39, 0.29) is 17.2 Å². The lowest BCUT2D eigenvalue weighted by Gasteiger charge is -2.23. The van der Waals surface area contributed by atoms with Gasteiger partial charge in [-0.3, -0.25) is 4.79 Å². The second kappa shape index (κ2) is 11.8. The van der Waals surface area contributed by atoms with Gasteiger partial charge in [0.05, 0.1) is 27.0 Å². The zero-order valence-corrected chi connectivity index (χ0v) is 21.0. The van der Waals surface area contributed by atoms with Gasteiger partial charge in [0.15, 0.2) is 0 Å². The maximum Gasteiger partial charge on any atom is 0.255 e. The number of hydrogen-bond acceptors (Lipinski definition) is 6. The van der Waals surface area contributed by atoms with Crippen LogP contribution in [0, 0.1) is 0 Å². The first-order chi connectivity index (χ1) is 16.3. The molecule has 0 saturated heterocycles. The Morgan fingerprint density at radius 1 is 1.03 bits per heavy atom. The zero-order chi connectivity index (χ0) is 24.6. The molecule has 0 aliphatic rings. The summed E-state index contributed by atoms with van der Waals surface area (Å²) < 4.78 is 39.5. The van der Waals surface area contributed by atoms with Crippen LogP contribution in [-0.4, -0.2) is 45.6 Å². The van der Waals surface area contributed by atoms with Crippen molar-refractivity contribution in [2.24, 2.45) is 5.10 Å². The largest absolute Gasteiger partial charge is 0.497 e. The second-order valence-corrected chi connectivity index (χ2v) is 9.95. The SMILES string of the molecule is COc1ccc(S(=O)(=O)N(CC(=O)N/N=C\c2cccc(Br)c2)Cc2ccccc2)c(OC)c1. The summed E-state index contributed by atoms with van der Waals surface area (Å²) in [5.74, 6) is -0.0197. The van der Waals surface area contributed by atoms with Gasteiger partial charge >= 0.3 is 0 Å². The van der Waals surface area contributed by atoms with Crippen molar-refractivity contribution in [3.8, 4) is 11.5 Å². The highest BCUT2D eigenvalue weighted by molar-refractivity contribution is 9.10. The molecular weight excluding hydrogens is 522 g/mol. The highest BCUT2D eigenvalue weighted by Crippen LogP contribution is 2.31. The molecule has 0 saturated carbocycles. The van der Waals surface area contributed by atoms with Crippen LogP contribution < -0.4 is 14.9 Å². The number of benzene rings is 3. The van der Waals surface area contributed by atoms with Gasteiger partial charge in [0.2, 0.25) is 10.0 Å². The molecule has 1 N–H and O–H groups in total. The number of rotatable bonds is 10. The van der Waals surface area contributed by atoms with Gasteiger partial charge in [-0.05, 0) is 35.4 Å². The molecule has 10 heteroatoms. The molecule has 3 rings (SSSR count). The lowest BCUT2D eigenvalue weighted by atomic mass is 10.2. The number of ether oxygens (including phenoxy) is 2. The molecule has 3 aromatic rings. The van der Waals surface area contributed by atoms with Crippen molar-refractivity contribution < 1.29 is 22.7 Å². The fourth-order valence-electron chi connectivity index (χ4n) is 3.10. The quantitative estimate of drug-likeness (QED) is 0.308. The molecule has 0 unspecified atom stereocenters. The van der Waals surface area contributed by atoms with Gasteiger partial charge in [-0.2, -0.15) is 9.41 Å². The number of halogens is 1. The topological polar surface area (TPSA) is 97.3 Å². The van der Waals surface area contributed by atoms with E-state index in [4.69, 9.17) is 9.47 Å². The summed E-state index contributed by atoms with van der Waals surface area (Å²) in [4.78, 5) is 12.6. The molecule has 34 heavy (non-hydrogen) atoms. The van der Waals surface area contributed by atoms with Crippen LogP contribution >= 0.6 is 15.9 Å². The third-order valence-electron chi connectivity index (χ3n) is 4.76. The first-order valence-electron chi connectivity index (χ1n) is 10.2. The summed E-state index contributed by atoms with van der Waals surface area (Å²) in [6.45, 7) is -0.455. The molecule has 178 valence electrons. The summed E-state index contributed by atoms with van der Waals surface area (Å²) in [6, 6.07) is 20.8. The third kappa shape index (κ3) is 6.66. The Balaban J connectivity index is 1.85. The number of amides is 1. The number of hydrazone groups is 1. The van der Waals surface area contributed by atoms with Gasteiger partial charge in [-0.1, -0.05) is 58.4 Å². The van der Waals surface area contributed by atoms with Crippen LogP contribution in [0.15, 0.2) is 87.3 Å². The van der Waals surface area contributed by atoms with Crippen molar-refractivity contribution in [3.63, 3.8) is 0 Å². The average Bonchev–Trinajstić information content (AvgIpc) is 2.84. The van der Waals surface area contributed by atoms with E-state index in [1.807, 2.05) is 30.3 Å². The average molecular weight is 546 g/mol. The molecule has 0 spiro atoms. The fraction of sp³-hybridized carbons (Fsp3) is 0.167. The fourth-order valence-corrected chi connectivity index (χ4v) is 5.04. The van der Waals surface area contributed by atoms with E-state index in [9.17, 15) is 13.2 Å². The molecule has 0 aliphatic heterocycles. The highest BCUT2D eigenvalue weighted by atomic mass is 79.9. The Bertz CT molecular complexity index is 1270. The van der Waals surface area contributed by atoms with E-state index in [0.29, 0.717) is 5.75 Å². The third-order valence-corrected chi connectivity index (χ3v) is 7.09. The predicted molar refractivity (Wildman–Crippen MR) is 133 cm³/mol. The number of carbonyl (C=O) groups excluding carboxylic acids is 1. The predicted octanol–water partition coefficient (Wildman–Crippen LogP) is 3.81. The molecule has 0 aromatic heterocycles. The standard InChI is InChI=1S/C24H24BrN3O5S/c1-32-21-11-12-23(22(14-21)33-2)34(30,31)28(16-18-7-4-3-5-8-18)17-24(29)27-26-15-19-9-6-10-20(25)13-19/h3-15H,16-17H2,1-2H3,(H,27,29)/b26-15-. The monoisotopic (exact) mass is 545 g/mol. The minimum atomic E-state index is -4.11. The van der Waals surface area contributed by atoms with E-state index in [1.165, 1.54) is 38.6 Å². The van der Waals surface area contributed by atoms with Crippen molar-refractivity contribution >= 4 is 38.1 Å². The number of nitrogens with zero attached hydrogens (tertiary/aromatic N) is 2. The lowest BCUT2D eigenvalue weighted by molar-refractivity contribution is -0.121. The van der Waals surface area contributed by atoms with Gasteiger partial charge in [0.1, 0.15) is 16.4 Å². The number of carbonyl (C=O) groups is 1. The van der Waals surface area contributed by atoms with E-state index >= 15 is 0 Å². The molecule has 0 heterocycles. The molecular formula is C24H24BrN3O5S. The summed E-state index contributed by atoms with van der Waals surface area (Å²) in [5.41, 5.74) is 3.89. The Labute approximate surface area is 207 Å². The van der Waals surface area contributed by atoms with Crippen molar-refractivity contribution in [2.75, 3.05) is 20.8 Å². The smallest absolute Gasteiger partial charge is 0.255 e. The van der Waals surface area contributed by atoms with Gasteiger partial charge in [-0.25, -0.2) is 13.8 Å². The van der Waals surface area contributed by atoms with E-state index in [0.717, 1.165) is 19.9 Å². The highest BCUT2D eigenvalue weighted by Gasteiger charge is 2.30. The molecule has 0 atom stereocenters. The van der Waals surface area contributed by atoms with Crippen LogP contribution in [0.25, 0.3) is 0 Å². The summed E-state index contributed by atoms with van der Waals surface area (Å²) in [6.07, 6.45) is 1.48. The molecule has 1 amide bonds.